The van der Waals surface area contributed by atoms with E-state index in [4.69, 9.17) is 10.00 Å². The topological polar surface area (TPSA) is 89.1 Å². The number of non-ortho nitro benzene ring substituents is 1. The Morgan fingerprint density at radius 2 is 2.08 bits per heavy atom. The van der Waals surface area contributed by atoms with E-state index < -0.39 is 22.2 Å². The number of methoxy groups -OCH3 is 1. The van der Waals surface area contributed by atoms with Crippen molar-refractivity contribution in [3.63, 3.8) is 0 Å². The second-order valence-corrected chi connectivity index (χ2v) is 6.11. The van der Waals surface area contributed by atoms with Crippen molar-refractivity contribution < 1.29 is 22.8 Å². The van der Waals surface area contributed by atoms with Gasteiger partial charge in [0.1, 0.15) is 16.8 Å². The molecule has 0 spiro atoms. The number of aryl methyl sites for hydroxylation is 1. The monoisotopic (exact) mass is 383 g/mol. The number of thioether (sulfide) groups is 1. The second-order valence-electron chi connectivity index (χ2n) is 5.14. The molecule has 0 fully saturated rings. The van der Waals surface area contributed by atoms with Gasteiger partial charge in [-0.1, -0.05) is 0 Å². The van der Waals surface area contributed by atoms with Crippen molar-refractivity contribution in [3.8, 4) is 11.8 Å². The molecule has 136 valence electrons. The van der Waals surface area contributed by atoms with E-state index in [2.05, 4.69) is 4.98 Å². The third-order valence-corrected chi connectivity index (χ3v) is 4.39. The number of ether oxygens (including phenoxy) is 1. The van der Waals surface area contributed by atoms with Crippen LogP contribution in [-0.2, 0) is 11.9 Å². The average molecular weight is 383 g/mol. The van der Waals surface area contributed by atoms with E-state index in [9.17, 15) is 23.3 Å². The average Bonchev–Trinajstić information content (AvgIpc) is 2.58. The Bertz CT molecular complexity index is 895. The number of hydrogen-bond acceptors (Lipinski definition) is 6. The van der Waals surface area contributed by atoms with Gasteiger partial charge in [0.05, 0.1) is 23.2 Å². The SMILES string of the molecule is COc1ccc([N+](=O)[O-])cc1CSc1nc(C)cc(C(F)(F)F)c1C#N. The van der Waals surface area contributed by atoms with E-state index >= 15 is 0 Å². The minimum Gasteiger partial charge on any atom is -0.496 e. The van der Waals surface area contributed by atoms with E-state index in [1.165, 1.54) is 32.2 Å². The Labute approximate surface area is 150 Å². The minimum atomic E-state index is -4.68. The van der Waals surface area contributed by atoms with Crippen molar-refractivity contribution in [3.05, 3.63) is 56.8 Å². The quantitative estimate of drug-likeness (QED) is 0.429. The molecule has 26 heavy (non-hydrogen) atoms. The first-order chi connectivity index (χ1) is 12.2. The van der Waals surface area contributed by atoms with Gasteiger partial charge in [0.2, 0.25) is 0 Å². The summed E-state index contributed by atoms with van der Waals surface area (Å²) in [4.78, 5) is 14.3. The summed E-state index contributed by atoms with van der Waals surface area (Å²) in [6.07, 6.45) is -4.68. The van der Waals surface area contributed by atoms with Gasteiger partial charge >= 0.3 is 6.18 Å². The number of rotatable bonds is 5. The number of pyridine rings is 1. The summed E-state index contributed by atoms with van der Waals surface area (Å²) < 4.78 is 44.5. The first-order valence-corrected chi connectivity index (χ1v) is 8.09. The smallest absolute Gasteiger partial charge is 0.417 e. The summed E-state index contributed by atoms with van der Waals surface area (Å²) in [5.41, 5.74) is -1.27. The lowest BCUT2D eigenvalue weighted by molar-refractivity contribution is -0.384. The maximum atomic E-state index is 13.1. The maximum absolute atomic E-state index is 13.1. The Hall–Kier alpha value is -2.80. The molecule has 0 saturated carbocycles. The summed E-state index contributed by atoms with van der Waals surface area (Å²) in [5, 5.41) is 20.0. The Kier molecular flexibility index (Phi) is 5.72. The number of aromatic nitrogens is 1. The van der Waals surface area contributed by atoms with Crippen LogP contribution in [-0.4, -0.2) is 17.0 Å². The molecule has 2 rings (SSSR count). The number of alkyl halides is 3. The maximum Gasteiger partial charge on any atom is 0.417 e. The molecule has 1 aromatic carbocycles. The van der Waals surface area contributed by atoms with Crippen molar-refractivity contribution in [2.24, 2.45) is 0 Å². The molecule has 1 aromatic heterocycles. The predicted octanol–water partition coefficient (Wildman–Crippen LogP) is 4.49. The molecule has 0 amide bonds. The number of nitro benzene ring substituents is 1. The highest BCUT2D eigenvalue weighted by molar-refractivity contribution is 7.98. The van der Waals surface area contributed by atoms with Crippen LogP contribution >= 0.6 is 11.8 Å². The number of nitriles is 1. The van der Waals surface area contributed by atoms with Crippen LogP contribution in [0.1, 0.15) is 22.4 Å². The summed E-state index contributed by atoms with van der Waals surface area (Å²) in [7, 11) is 1.38. The highest BCUT2D eigenvalue weighted by Crippen LogP contribution is 2.37. The van der Waals surface area contributed by atoms with Crippen LogP contribution in [0.15, 0.2) is 29.3 Å². The van der Waals surface area contributed by atoms with Crippen LogP contribution in [0.2, 0.25) is 0 Å². The standard InChI is InChI=1S/C16H12F3N3O3S/c1-9-5-13(16(17,18)19)12(7-20)15(21-9)26-8-10-6-11(22(23)24)3-4-14(10)25-2/h3-6H,8H2,1-2H3. The third kappa shape index (κ3) is 4.23. The Morgan fingerprint density at radius 1 is 1.38 bits per heavy atom. The van der Waals surface area contributed by atoms with Crippen molar-refractivity contribution in [2.45, 2.75) is 23.9 Å². The Morgan fingerprint density at radius 3 is 2.62 bits per heavy atom. The fraction of sp³-hybridized carbons (Fsp3) is 0.250. The molecular weight excluding hydrogens is 371 g/mol. The summed E-state index contributed by atoms with van der Waals surface area (Å²) in [6.45, 7) is 1.40. The van der Waals surface area contributed by atoms with E-state index in [0.717, 1.165) is 17.8 Å². The highest BCUT2D eigenvalue weighted by atomic mass is 32.2. The lowest BCUT2D eigenvalue weighted by Crippen LogP contribution is -2.10. The summed E-state index contributed by atoms with van der Waals surface area (Å²) in [6, 6.07) is 6.31. The van der Waals surface area contributed by atoms with E-state index in [-0.39, 0.29) is 22.2 Å². The van der Waals surface area contributed by atoms with Gasteiger partial charge in [-0.3, -0.25) is 10.1 Å². The zero-order valence-corrected chi connectivity index (χ0v) is 14.4. The molecule has 0 N–H and O–H groups in total. The highest BCUT2D eigenvalue weighted by Gasteiger charge is 2.35. The Balaban J connectivity index is 2.42. The van der Waals surface area contributed by atoms with Gasteiger partial charge in [0, 0.05) is 29.1 Å². The molecule has 0 saturated heterocycles. The van der Waals surface area contributed by atoms with Crippen molar-refractivity contribution in [1.82, 2.24) is 4.98 Å². The van der Waals surface area contributed by atoms with Crippen molar-refractivity contribution >= 4 is 17.4 Å². The largest absolute Gasteiger partial charge is 0.496 e. The zero-order chi connectivity index (χ0) is 19.5. The molecule has 10 heteroatoms. The molecule has 0 aliphatic carbocycles. The van der Waals surface area contributed by atoms with Crippen molar-refractivity contribution in [2.75, 3.05) is 7.11 Å². The molecule has 6 nitrogen and oxygen atoms in total. The van der Waals surface area contributed by atoms with Gasteiger partial charge < -0.3 is 4.74 Å². The lowest BCUT2D eigenvalue weighted by atomic mass is 10.1. The van der Waals surface area contributed by atoms with Gasteiger partial charge in [0.25, 0.3) is 5.69 Å². The van der Waals surface area contributed by atoms with E-state index in [1.54, 1.807) is 6.07 Å². The fourth-order valence-electron chi connectivity index (χ4n) is 2.22. The molecule has 0 bridgehead atoms. The molecule has 2 aromatic rings. The van der Waals surface area contributed by atoms with Crippen LogP contribution in [0, 0.1) is 28.4 Å². The number of halogens is 3. The predicted molar refractivity (Wildman–Crippen MR) is 87.9 cm³/mol. The molecule has 1 heterocycles. The second kappa shape index (κ2) is 7.61. The van der Waals surface area contributed by atoms with Crippen LogP contribution in [0.3, 0.4) is 0 Å². The molecule has 0 radical (unpaired) electrons. The van der Waals surface area contributed by atoms with E-state index in [1.807, 2.05) is 0 Å². The number of benzene rings is 1. The van der Waals surface area contributed by atoms with Gasteiger partial charge in [-0.15, -0.1) is 11.8 Å². The summed E-state index contributed by atoms with van der Waals surface area (Å²) >= 11 is 0.883. The molecule has 0 atom stereocenters. The van der Waals surface area contributed by atoms with Gasteiger partial charge in [-0.05, 0) is 19.1 Å². The van der Waals surface area contributed by atoms with Gasteiger partial charge in [-0.2, -0.15) is 18.4 Å². The fourth-order valence-corrected chi connectivity index (χ4v) is 3.24. The lowest BCUT2D eigenvalue weighted by Gasteiger charge is -2.13. The first-order valence-electron chi connectivity index (χ1n) is 7.10. The van der Waals surface area contributed by atoms with Crippen LogP contribution in [0.4, 0.5) is 18.9 Å². The van der Waals surface area contributed by atoms with E-state index in [0.29, 0.717) is 11.3 Å². The van der Waals surface area contributed by atoms with Gasteiger partial charge in [0.15, 0.2) is 0 Å². The van der Waals surface area contributed by atoms with Crippen LogP contribution in [0.5, 0.6) is 5.75 Å². The number of nitro groups is 1. The number of nitrogens with zero attached hydrogens (tertiary/aromatic N) is 3. The van der Waals surface area contributed by atoms with Crippen molar-refractivity contribution in [1.29, 1.82) is 5.26 Å². The van der Waals surface area contributed by atoms with Crippen LogP contribution in [0.25, 0.3) is 0 Å². The minimum absolute atomic E-state index is 0.0489. The summed E-state index contributed by atoms with van der Waals surface area (Å²) in [5.74, 6) is 0.401. The molecule has 0 unspecified atom stereocenters. The zero-order valence-electron chi connectivity index (χ0n) is 13.6. The number of hydrogen-bond donors (Lipinski definition) is 0. The molecule has 0 aliphatic rings. The van der Waals surface area contributed by atoms with Crippen LogP contribution < -0.4 is 4.74 Å². The van der Waals surface area contributed by atoms with Gasteiger partial charge in [-0.25, -0.2) is 4.98 Å². The molecule has 0 aliphatic heterocycles. The molecular formula is C16H12F3N3O3S. The first kappa shape index (κ1) is 19.5. The third-order valence-electron chi connectivity index (χ3n) is 3.37. The normalized spacial score (nSPS) is 11.1.